The molecule has 0 bridgehead atoms. The molecule has 1 aromatic carbocycles. The van der Waals surface area contributed by atoms with E-state index in [1.54, 1.807) is 10.9 Å². The highest BCUT2D eigenvalue weighted by Crippen LogP contribution is 2.37. The van der Waals surface area contributed by atoms with Crippen LogP contribution >= 0.6 is 15.9 Å². The van der Waals surface area contributed by atoms with Gasteiger partial charge in [0.2, 0.25) is 17.5 Å². The van der Waals surface area contributed by atoms with Gasteiger partial charge in [0.05, 0.1) is 0 Å². The minimum atomic E-state index is 0.177. The van der Waals surface area contributed by atoms with Gasteiger partial charge in [0, 0.05) is 11.6 Å². The molecule has 8 heteroatoms. The number of hydrogen-bond acceptors (Lipinski definition) is 6. The third-order valence-corrected chi connectivity index (χ3v) is 3.53. The molecule has 0 aliphatic carbocycles. The predicted molar refractivity (Wildman–Crippen MR) is 74.9 cm³/mol. The van der Waals surface area contributed by atoms with E-state index < -0.39 is 0 Å². The number of hydrogen-bond donors (Lipinski definition) is 1. The monoisotopic (exact) mass is 333 g/mol. The van der Waals surface area contributed by atoms with E-state index in [0.29, 0.717) is 16.3 Å². The quantitative estimate of drug-likeness (QED) is 0.731. The molecular formula is C12H8BrN5O2. The SMILES string of the molecule is Nc1nc(Br)n(-c2nccc3cc4c(cc23)OCO4)n1. The van der Waals surface area contributed by atoms with Crippen LogP contribution in [0.5, 0.6) is 11.5 Å². The first kappa shape index (κ1) is 11.5. The maximum atomic E-state index is 5.61. The van der Waals surface area contributed by atoms with E-state index in [2.05, 4.69) is 31.0 Å². The molecule has 0 radical (unpaired) electrons. The van der Waals surface area contributed by atoms with Crippen LogP contribution in [0.1, 0.15) is 0 Å². The summed E-state index contributed by atoms with van der Waals surface area (Å²) in [6.45, 7) is 0.231. The van der Waals surface area contributed by atoms with Crippen LogP contribution in [-0.4, -0.2) is 26.5 Å². The number of anilines is 1. The largest absolute Gasteiger partial charge is 0.454 e. The number of halogens is 1. The zero-order chi connectivity index (χ0) is 13.7. The van der Waals surface area contributed by atoms with E-state index in [1.165, 1.54) is 0 Å². The van der Waals surface area contributed by atoms with Crippen molar-refractivity contribution in [3.63, 3.8) is 0 Å². The number of benzene rings is 1. The van der Waals surface area contributed by atoms with Gasteiger partial charge >= 0.3 is 0 Å². The molecule has 0 fully saturated rings. The van der Waals surface area contributed by atoms with Gasteiger partial charge in [-0.1, -0.05) is 0 Å². The minimum absolute atomic E-state index is 0.177. The number of fused-ring (bicyclic) bond motifs is 2. The molecule has 0 atom stereocenters. The summed E-state index contributed by atoms with van der Waals surface area (Å²) in [5, 5.41) is 5.98. The zero-order valence-corrected chi connectivity index (χ0v) is 11.7. The van der Waals surface area contributed by atoms with E-state index >= 15 is 0 Å². The molecule has 1 aliphatic rings. The standard InChI is InChI=1S/C12H8BrN5O2/c13-11-16-12(14)17-18(11)10-7-4-9-8(19-5-20-9)3-6(7)1-2-15-10/h1-4H,5H2,(H2,14,17). The van der Waals surface area contributed by atoms with Gasteiger partial charge in [-0.05, 0) is 39.5 Å². The van der Waals surface area contributed by atoms with E-state index in [0.717, 1.165) is 16.5 Å². The van der Waals surface area contributed by atoms with Gasteiger partial charge in [-0.25, -0.2) is 4.98 Å². The van der Waals surface area contributed by atoms with E-state index in [4.69, 9.17) is 15.2 Å². The number of ether oxygens (including phenoxy) is 2. The highest BCUT2D eigenvalue weighted by Gasteiger charge is 2.18. The molecule has 7 nitrogen and oxygen atoms in total. The van der Waals surface area contributed by atoms with Gasteiger partial charge in [-0.3, -0.25) is 0 Å². The molecule has 4 rings (SSSR count). The summed E-state index contributed by atoms with van der Waals surface area (Å²) in [6.07, 6.45) is 1.70. The van der Waals surface area contributed by atoms with E-state index in [-0.39, 0.29) is 12.7 Å². The fraction of sp³-hybridized carbons (Fsp3) is 0.0833. The molecule has 0 amide bonds. The van der Waals surface area contributed by atoms with Crippen LogP contribution in [0.3, 0.4) is 0 Å². The second kappa shape index (κ2) is 4.07. The molecule has 0 saturated carbocycles. The lowest BCUT2D eigenvalue weighted by atomic mass is 10.1. The predicted octanol–water partition coefficient (Wildman–Crippen LogP) is 1.89. The van der Waals surface area contributed by atoms with Crippen molar-refractivity contribution in [2.75, 3.05) is 12.5 Å². The Morgan fingerprint density at radius 1 is 1.25 bits per heavy atom. The number of nitrogen functional groups attached to an aromatic ring is 1. The fourth-order valence-corrected chi connectivity index (χ4v) is 2.59. The van der Waals surface area contributed by atoms with Crippen molar-refractivity contribution in [2.45, 2.75) is 0 Å². The molecule has 3 heterocycles. The number of nitrogens with two attached hydrogens (primary N) is 1. The van der Waals surface area contributed by atoms with Crippen molar-refractivity contribution in [2.24, 2.45) is 0 Å². The molecule has 0 saturated heterocycles. The summed E-state index contributed by atoms with van der Waals surface area (Å²) in [7, 11) is 0. The molecule has 2 aromatic heterocycles. The summed E-state index contributed by atoms with van der Waals surface area (Å²) >= 11 is 3.32. The first-order valence-corrected chi connectivity index (χ1v) is 6.58. The van der Waals surface area contributed by atoms with Crippen molar-refractivity contribution in [3.8, 4) is 17.3 Å². The lowest BCUT2D eigenvalue weighted by Crippen LogP contribution is -2.01. The number of rotatable bonds is 1. The van der Waals surface area contributed by atoms with Crippen molar-refractivity contribution in [1.82, 2.24) is 19.7 Å². The summed E-state index contributed by atoms with van der Waals surface area (Å²) in [5.74, 6) is 2.22. The van der Waals surface area contributed by atoms with Gasteiger partial charge in [0.1, 0.15) is 0 Å². The Labute approximate surface area is 121 Å². The van der Waals surface area contributed by atoms with Crippen LogP contribution in [0.2, 0.25) is 0 Å². The van der Waals surface area contributed by atoms with Crippen LogP contribution in [0.25, 0.3) is 16.6 Å². The van der Waals surface area contributed by atoms with Crippen LogP contribution in [0.15, 0.2) is 29.1 Å². The smallest absolute Gasteiger partial charge is 0.240 e. The number of aromatic nitrogens is 4. The molecule has 3 aromatic rings. The second-order valence-electron chi connectivity index (χ2n) is 4.21. The second-order valence-corrected chi connectivity index (χ2v) is 4.92. The molecular weight excluding hydrogens is 326 g/mol. The zero-order valence-electron chi connectivity index (χ0n) is 10.1. The van der Waals surface area contributed by atoms with Crippen molar-refractivity contribution < 1.29 is 9.47 Å². The first-order valence-electron chi connectivity index (χ1n) is 5.79. The average molecular weight is 334 g/mol. The molecule has 2 N–H and O–H groups in total. The van der Waals surface area contributed by atoms with Gasteiger partial charge in [0.15, 0.2) is 17.3 Å². The highest BCUT2D eigenvalue weighted by molar-refractivity contribution is 9.10. The van der Waals surface area contributed by atoms with Gasteiger partial charge < -0.3 is 15.2 Å². The van der Waals surface area contributed by atoms with Crippen molar-refractivity contribution in [1.29, 1.82) is 0 Å². The summed E-state index contributed by atoms with van der Waals surface area (Å²) < 4.78 is 12.8. The fourth-order valence-electron chi connectivity index (χ4n) is 2.16. The van der Waals surface area contributed by atoms with Crippen LogP contribution in [0, 0.1) is 0 Å². The topological polar surface area (TPSA) is 88.1 Å². The van der Waals surface area contributed by atoms with Crippen LogP contribution in [-0.2, 0) is 0 Å². The van der Waals surface area contributed by atoms with Crippen molar-refractivity contribution >= 4 is 32.7 Å². The molecule has 0 spiro atoms. The van der Waals surface area contributed by atoms with Gasteiger partial charge in [0.25, 0.3) is 0 Å². The Morgan fingerprint density at radius 2 is 2.05 bits per heavy atom. The Kier molecular flexibility index (Phi) is 2.34. The molecule has 20 heavy (non-hydrogen) atoms. The Bertz CT molecular complexity index is 832. The molecule has 0 unspecified atom stereocenters. The average Bonchev–Trinajstić information content (AvgIpc) is 3.01. The Balaban J connectivity index is 2.02. The van der Waals surface area contributed by atoms with Crippen molar-refractivity contribution in [3.05, 3.63) is 29.1 Å². The maximum absolute atomic E-state index is 5.61. The van der Waals surface area contributed by atoms with Crippen LogP contribution < -0.4 is 15.2 Å². The van der Waals surface area contributed by atoms with Gasteiger partial charge in [-0.15, -0.1) is 5.10 Å². The van der Waals surface area contributed by atoms with E-state index in [9.17, 15) is 0 Å². The lowest BCUT2D eigenvalue weighted by molar-refractivity contribution is 0.174. The molecule has 1 aliphatic heterocycles. The first-order chi connectivity index (χ1) is 9.72. The number of nitrogens with zero attached hydrogens (tertiary/aromatic N) is 4. The normalized spacial score (nSPS) is 13.1. The summed E-state index contributed by atoms with van der Waals surface area (Å²) in [6, 6.07) is 5.69. The van der Waals surface area contributed by atoms with E-state index in [1.807, 2.05) is 18.2 Å². The molecule has 100 valence electrons. The summed E-state index contributed by atoms with van der Waals surface area (Å²) in [5.41, 5.74) is 5.61. The maximum Gasteiger partial charge on any atom is 0.240 e. The Hall–Kier alpha value is -2.35. The highest BCUT2D eigenvalue weighted by atomic mass is 79.9. The van der Waals surface area contributed by atoms with Crippen LogP contribution in [0.4, 0.5) is 5.95 Å². The minimum Gasteiger partial charge on any atom is -0.454 e. The van der Waals surface area contributed by atoms with Gasteiger partial charge in [-0.2, -0.15) is 9.67 Å². The Morgan fingerprint density at radius 3 is 2.80 bits per heavy atom. The number of pyridine rings is 1. The third kappa shape index (κ3) is 1.61. The summed E-state index contributed by atoms with van der Waals surface area (Å²) in [4.78, 5) is 8.37. The third-order valence-electron chi connectivity index (χ3n) is 3.02. The lowest BCUT2D eigenvalue weighted by Gasteiger charge is -2.07.